The van der Waals surface area contributed by atoms with Crippen molar-refractivity contribution in [3.8, 4) is 23.0 Å². The first-order valence-electron chi connectivity index (χ1n) is 9.47. The average molecular weight is 424 g/mol. The van der Waals surface area contributed by atoms with Gasteiger partial charge in [0.15, 0.2) is 23.0 Å². The zero-order valence-electron chi connectivity index (χ0n) is 16.2. The molecule has 0 atom stereocenters. The number of aromatic nitrogens is 2. The average Bonchev–Trinajstić information content (AvgIpc) is 3.32. The van der Waals surface area contributed by atoms with Crippen LogP contribution in [0.5, 0.6) is 23.0 Å². The van der Waals surface area contributed by atoms with Gasteiger partial charge < -0.3 is 41.0 Å². The fraction of sp³-hybridized carbons (Fsp3) is 0.143. The van der Waals surface area contributed by atoms with Gasteiger partial charge in [0.25, 0.3) is 11.8 Å². The molecule has 0 fully saturated rings. The highest BCUT2D eigenvalue weighted by atomic mass is 16.3. The SMILES string of the molecule is O=C(NCCCNC(=O)c1cc2cc(O)c(O)cc2[nH]1)c1cc2cc(O)c(O)cc2[nH]1. The second kappa shape index (κ2) is 7.82. The normalized spacial score (nSPS) is 11.1. The maximum atomic E-state index is 12.3. The number of phenols is 4. The number of carbonyl (C=O) groups is 2. The molecule has 31 heavy (non-hydrogen) atoms. The lowest BCUT2D eigenvalue weighted by Gasteiger charge is -2.05. The lowest BCUT2D eigenvalue weighted by molar-refractivity contribution is 0.0947. The van der Waals surface area contributed by atoms with Crippen molar-refractivity contribution in [2.24, 2.45) is 0 Å². The molecule has 8 N–H and O–H groups in total. The predicted molar refractivity (Wildman–Crippen MR) is 113 cm³/mol. The smallest absolute Gasteiger partial charge is 0.267 e. The molecule has 0 aliphatic heterocycles. The molecule has 0 saturated heterocycles. The van der Waals surface area contributed by atoms with E-state index in [9.17, 15) is 30.0 Å². The third-order valence-corrected chi connectivity index (χ3v) is 4.85. The van der Waals surface area contributed by atoms with Crippen LogP contribution in [-0.2, 0) is 0 Å². The van der Waals surface area contributed by atoms with Gasteiger partial charge in [0.05, 0.1) is 0 Å². The Morgan fingerprint density at radius 3 is 1.45 bits per heavy atom. The van der Waals surface area contributed by atoms with Crippen LogP contribution in [0, 0.1) is 0 Å². The largest absolute Gasteiger partial charge is 0.504 e. The Balaban J connectivity index is 1.27. The van der Waals surface area contributed by atoms with Crippen LogP contribution < -0.4 is 10.6 Å². The highest BCUT2D eigenvalue weighted by Gasteiger charge is 2.13. The molecular weight excluding hydrogens is 404 g/mol. The van der Waals surface area contributed by atoms with E-state index in [2.05, 4.69) is 20.6 Å². The minimum absolute atomic E-state index is 0.266. The number of hydrogen-bond donors (Lipinski definition) is 8. The van der Waals surface area contributed by atoms with Gasteiger partial charge in [-0.05, 0) is 30.7 Å². The number of phenolic OH excluding ortho intramolecular Hbond substituents is 4. The summed E-state index contributed by atoms with van der Waals surface area (Å²) >= 11 is 0. The van der Waals surface area contributed by atoms with Crippen molar-refractivity contribution in [2.45, 2.75) is 6.42 Å². The number of fused-ring (bicyclic) bond motifs is 2. The van der Waals surface area contributed by atoms with Gasteiger partial charge in [-0.1, -0.05) is 0 Å². The van der Waals surface area contributed by atoms with Crippen LogP contribution in [0.1, 0.15) is 27.4 Å². The first-order chi connectivity index (χ1) is 14.8. The van der Waals surface area contributed by atoms with Crippen LogP contribution in [0.4, 0.5) is 0 Å². The maximum absolute atomic E-state index is 12.3. The van der Waals surface area contributed by atoms with Crippen LogP contribution >= 0.6 is 0 Å². The van der Waals surface area contributed by atoms with Gasteiger partial charge in [0.2, 0.25) is 0 Å². The molecule has 2 heterocycles. The van der Waals surface area contributed by atoms with Gasteiger partial charge in [-0.3, -0.25) is 9.59 Å². The number of aromatic amines is 2. The van der Waals surface area contributed by atoms with E-state index in [1.54, 1.807) is 12.1 Å². The Kier molecular flexibility index (Phi) is 5.04. The number of carbonyl (C=O) groups excluding carboxylic acids is 2. The highest BCUT2D eigenvalue weighted by Crippen LogP contribution is 2.31. The first kappa shape index (κ1) is 20.0. The molecule has 0 radical (unpaired) electrons. The lowest BCUT2D eigenvalue weighted by Crippen LogP contribution is -2.30. The van der Waals surface area contributed by atoms with E-state index in [1.165, 1.54) is 24.3 Å². The number of benzene rings is 2. The molecule has 0 aliphatic carbocycles. The van der Waals surface area contributed by atoms with E-state index in [-0.39, 0.29) is 46.2 Å². The van der Waals surface area contributed by atoms with E-state index in [1.807, 2.05) is 0 Å². The van der Waals surface area contributed by atoms with Crippen molar-refractivity contribution in [1.29, 1.82) is 0 Å². The number of aromatic hydroxyl groups is 4. The summed E-state index contributed by atoms with van der Waals surface area (Å²) in [5, 5.41) is 44.8. The van der Waals surface area contributed by atoms with Crippen molar-refractivity contribution in [2.75, 3.05) is 13.1 Å². The zero-order valence-corrected chi connectivity index (χ0v) is 16.2. The summed E-state index contributed by atoms with van der Waals surface area (Å²) in [7, 11) is 0. The third-order valence-electron chi connectivity index (χ3n) is 4.85. The molecule has 10 nitrogen and oxygen atoms in total. The molecular formula is C21H20N4O6. The van der Waals surface area contributed by atoms with Crippen molar-refractivity contribution in [1.82, 2.24) is 20.6 Å². The Morgan fingerprint density at radius 2 is 1.03 bits per heavy atom. The molecule has 10 heteroatoms. The van der Waals surface area contributed by atoms with Crippen molar-refractivity contribution >= 4 is 33.6 Å². The van der Waals surface area contributed by atoms with E-state index in [0.717, 1.165) is 0 Å². The van der Waals surface area contributed by atoms with Gasteiger partial charge in [-0.15, -0.1) is 0 Å². The van der Waals surface area contributed by atoms with Gasteiger partial charge in [-0.25, -0.2) is 0 Å². The van der Waals surface area contributed by atoms with Gasteiger partial charge >= 0.3 is 0 Å². The second-order valence-electron chi connectivity index (χ2n) is 7.09. The summed E-state index contributed by atoms with van der Waals surface area (Å²) in [5.41, 5.74) is 1.61. The molecule has 160 valence electrons. The summed E-state index contributed by atoms with van der Waals surface area (Å²) in [5.74, 6) is -1.79. The molecule has 0 bridgehead atoms. The number of nitrogens with one attached hydrogen (secondary N) is 4. The topological polar surface area (TPSA) is 171 Å². The predicted octanol–water partition coefficient (Wildman–Crippen LogP) is 2.02. The quantitative estimate of drug-likeness (QED) is 0.174. The maximum Gasteiger partial charge on any atom is 0.267 e. The monoisotopic (exact) mass is 424 g/mol. The van der Waals surface area contributed by atoms with E-state index < -0.39 is 0 Å². The van der Waals surface area contributed by atoms with Crippen molar-refractivity contribution in [3.05, 3.63) is 47.8 Å². The Morgan fingerprint density at radius 1 is 0.645 bits per heavy atom. The zero-order chi connectivity index (χ0) is 22.1. The van der Waals surface area contributed by atoms with E-state index in [0.29, 0.717) is 41.3 Å². The minimum atomic E-state index is -0.350. The van der Waals surface area contributed by atoms with Crippen LogP contribution in [0.2, 0.25) is 0 Å². The molecule has 4 aromatic rings. The molecule has 2 amide bonds. The summed E-state index contributed by atoms with van der Waals surface area (Å²) in [6.45, 7) is 0.638. The number of amides is 2. The highest BCUT2D eigenvalue weighted by molar-refractivity contribution is 5.99. The molecule has 0 aliphatic rings. The Labute approximate surface area is 175 Å². The summed E-state index contributed by atoms with van der Waals surface area (Å²) in [6.07, 6.45) is 0.487. The number of hydrogen-bond acceptors (Lipinski definition) is 6. The molecule has 4 rings (SSSR count). The fourth-order valence-corrected chi connectivity index (χ4v) is 3.24. The van der Waals surface area contributed by atoms with Crippen molar-refractivity contribution < 1.29 is 30.0 Å². The Hall–Kier alpha value is -4.34. The second-order valence-corrected chi connectivity index (χ2v) is 7.09. The summed E-state index contributed by atoms with van der Waals surface area (Å²) in [6, 6.07) is 8.53. The van der Waals surface area contributed by atoms with Gasteiger partial charge in [-0.2, -0.15) is 0 Å². The van der Waals surface area contributed by atoms with Crippen LogP contribution in [0.15, 0.2) is 36.4 Å². The fourth-order valence-electron chi connectivity index (χ4n) is 3.24. The van der Waals surface area contributed by atoms with Crippen LogP contribution in [-0.4, -0.2) is 55.3 Å². The third kappa shape index (κ3) is 4.04. The molecule has 2 aromatic heterocycles. The number of rotatable bonds is 6. The van der Waals surface area contributed by atoms with Gasteiger partial charge in [0, 0.05) is 47.0 Å². The van der Waals surface area contributed by atoms with E-state index >= 15 is 0 Å². The Bertz CT molecular complexity index is 1130. The van der Waals surface area contributed by atoms with Crippen LogP contribution in [0.25, 0.3) is 21.8 Å². The summed E-state index contributed by atoms with van der Waals surface area (Å²) in [4.78, 5) is 30.3. The van der Waals surface area contributed by atoms with E-state index in [4.69, 9.17) is 0 Å². The van der Waals surface area contributed by atoms with Crippen LogP contribution in [0.3, 0.4) is 0 Å². The molecule has 0 unspecified atom stereocenters. The lowest BCUT2D eigenvalue weighted by atomic mass is 10.2. The van der Waals surface area contributed by atoms with Gasteiger partial charge in [0.1, 0.15) is 11.4 Å². The molecule has 0 spiro atoms. The standard InChI is InChI=1S/C21H20N4O6/c26-16-6-10-4-14(24-12(10)8-18(16)28)20(30)22-2-1-3-23-21(31)15-5-11-7-17(27)19(29)9-13(11)25-15/h4-9,24-29H,1-3H2,(H,22,30)(H,23,31). The molecule has 2 aromatic carbocycles. The first-order valence-corrected chi connectivity index (χ1v) is 9.47. The minimum Gasteiger partial charge on any atom is -0.504 e. The summed E-state index contributed by atoms with van der Waals surface area (Å²) < 4.78 is 0. The number of H-pyrrole nitrogens is 2. The molecule has 0 saturated carbocycles. The van der Waals surface area contributed by atoms with Crippen molar-refractivity contribution in [3.63, 3.8) is 0 Å².